The number of sulfonamides is 1. The SMILES string of the molecule is COC(=O)c1cc(C)ccc1S(=O)(=O)N1CCNCC1. The summed E-state index contributed by atoms with van der Waals surface area (Å²) in [5, 5.41) is 3.10. The van der Waals surface area contributed by atoms with Crippen molar-refractivity contribution in [2.24, 2.45) is 0 Å². The molecule has 2 rings (SSSR count). The summed E-state index contributed by atoms with van der Waals surface area (Å²) in [4.78, 5) is 11.8. The Hall–Kier alpha value is -1.44. The maximum absolute atomic E-state index is 12.6. The van der Waals surface area contributed by atoms with E-state index in [1.54, 1.807) is 19.1 Å². The van der Waals surface area contributed by atoms with Crippen molar-refractivity contribution in [3.05, 3.63) is 29.3 Å². The second kappa shape index (κ2) is 5.90. The van der Waals surface area contributed by atoms with Crippen molar-refractivity contribution in [1.82, 2.24) is 9.62 Å². The smallest absolute Gasteiger partial charge is 0.339 e. The Morgan fingerprint density at radius 2 is 1.95 bits per heavy atom. The number of hydrogen-bond donors (Lipinski definition) is 1. The molecule has 20 heavy (non-hydrogen) atoms. The lowest BCUT2D eigenvalue weighted by molar-refractivity contribution is 0.0596. The summed E-state index contributed by atoms with van der Waals surface area (Å²) in [5.41, 5.74) is 0.899. The predicted octanol–water partition coefficient (Wildman–Crippen LogP) is 0.376. The van der Waals surface area contributed by atoms with Gasteiger partial charge in [0, 0.05) is 26.2 Å². The van der Waals surface area contributed by atoms with Crippen molar-refractivity contribution >= 4 is 16.0 Å². The fraction of sp³-hybridized carbons (Fsp3) is 0.462. The fourth-order valence-corrected chi connectivity index (χ4v) is 3.76. The average Bonchev–Trinajstić information content (AvgIpc) is 2.47. The fourth-order valence-electron chi connectivity index (χ4n) is 2.16. The van der Waals surface area contributed by atoms with Crippen molar-refractivity contribution < 1.29 is 17.9 Å². The minimum absolute atomic E-state index is 0.0110. The largest absolute Gasteiger partial charge is 0.465 e. The lowest BCUT2D eigenvalue weighted by Crippen LogP contribution is -2.46. The zero-order valence-electron chi connectivity index (χ0n) is 11.5. The number of nitrogens with zero attached hydrogens (tertiary/aromatic N) is 1. The molecule has 0 spiro atoms. The highest BCUT2D eigenvalue weighted by Gasteiger charge is 2.30. The van der Waals surface area contributed by atoms with Crippen LogP contribution >= 0.6 is 0 Å². The molecule has 0 aliphatic carbocycles. The van der Waals surface area contributed by atoms with E-state index in [1.807, 2.05) is 0 Å². The summed E-state index contributed by atoms with van der Waals surface area (Å²) in [7, 11) is -2.43. The van der Waals surface area contributed by atoms with E-state index in [0.717, 1.165) is 5.56 Å². The monoisotopic (exact) mass is 298 g/mol. The standard InChI is InChI=1S/C13H18N2O4S/c1-10-3-4-12(11(9-10)13(16)19-2)20(17,18)15-7-5-14-6-8-15/h3-4,9,14H,5-8H2,1-2H3. The third-order valence-corrected chi connectivity index (χ3v) is 5.19. The van der Waals surface area contributed by atoms with Crippen LogP contribution < -0.4 is 5.32 Å². The zero-order valence-corrected chi connectivity index (χ0v) is 12.4. The Kier molecular flexibility index (Phi) is 4.42. The van der Waals surface area contributed by atoms with E-state index in [-0.39, 0.29) is 10.5 Å². The second-order valence-corrected chi connectivity index (χ2v) is 6.55. The third-order valence-electron chi connectivity index (χ3n) is 3.23. The molecule has 0 unspecified atom stereocenters. The Bertz CT molecular complexity index is 607. The number of aryl methyl sites for hydroxylation is 1. The molecule has 1 heterocycles. The average molecular weight is 298 g/mol. The summed E-state index contributed by atoms with van der Waals surface area (Å²) in [6.45, 7) is 3.82. The van der Waals surface area contributed by atoms with Gasteiger partial charge in [-0.15, -0.1) is 0 Å². The third kappa shape index (κ3) is 2.84. The van der Waals surface area contributed by atoms with Crippen LogP contribution in [0.1, 0.15) is 15.9 Å². The summed E-state index contributed by atoms with van der Waals surface area (Å²) in [6.07, 6.45) is 0. The van der Waals surface area contributed by atoms with Crippen LogP contribution in [-0.4, -0.2) is 52.0 Å². The summed E-state index contributed by atoms with van der Waals surface area (Å²) in [6, 6.07) is 4.70. The maximum atomic E-state index is 12.6. The summed E-state index contributed by atoms with van der Waals surface area (Å²) < 4.78 is 31.3. The number of hydrogen-bond acceptors (Lipinski definition) is 5. The molecule has 0 amide bonds. The van der Waals surface area contributed by atoms with E-state index < -0.39 is 16.0 Å². The lowest BCUT2D eigenvalue weighted by Gasteiger charge is -2.27. The highest BCUT2D eigenvalue weighted by Crippen LogP contribution is 2.22. The van der Waals surface area contributed by atoms with E-state index in [9.17, 15) is 13.2 Å². The molecule has 1 aromatic carbocycles. The quantitative estimate of drug-likeness (QED) is 0.816. The number of carbonyl (C=O) groups is 1. The molecular formula is C13H18N2O4S. The molecule has 1 aliphatic rings. The molecule has 0 bridgehead atoms. The Morgan fingerprint density at radius 1 is 1.30 bits per heavy atom. The van der Waals surface area contributed by atoms with Gasteiger partial charge in [0.2, 0.25) is 10.0 Å². The van der Waals surface area contributed by atoms with E-state index in [4.69, 9.17) is 0 Å². The van der Waals surface area contributed by atoms with Crippen molar-refractivity contribution in [3.63, 3.8) is 0 Å². The Morgan fingerprint density at radius 3 is 2.55 bits per heavy atom. The van der Waals surface area contributed by atoms with Gasteiger partial charge in [-0.2, -0.15) is 4.31 Å². The summed E-state index contributed by atoms with van der Waals surface area (Å²) >= 11 is 0. The highest BCUT2D eigenvalue weighted by molar-refractivity contribution is 7.89. The van der Waals surface area contributed by atoms with Crippen LogP contribution in [0.15, 0.2) is 23.1 Å². The number of methoxy groups -OCH3 is 1. The number of esters is 1. The molecule has 0 radical (unpaired) electrons. The molecule has 6 nitrogen and oxygen atoms in total. The molecule has 7 heteroatoms. The van der Waals surface area contributed by atoms with Gasteiger partial charge in [-0.3, -0.25) is 0 Å². The van der Waals surface area contributed by atoms with Gasteiger partial charge < -0.3 is 10.1 Å². The number of benzene rings is 1. The van der Waals surface area contributed by atoms with Crippen molar-refractivity contribution in [3.8, 4) is 0 Å². The predicted molar refractivity (Wildman–Crippen MR) is 74.1 cm³/mol. The van der Waals surface area contributed by atoms with Gasteiger partial charge in [0.05, 0.1) is 17.6 Å². The first-order chi connectivity index (χ1) is 9.46. The Balaban J connectivity index is 2.48. The topological polar surface area (TPSA) is 75.7 Å². The van der Waals surface area contributed by atoms with Gasteiger partial charge in [0.25, 0.3) is 0 Å². The number of carbonyl (C=O) groups excluding carboxylic acids is 1. The number of nitrogens with one attached hydrogen (secondary N) is 1. The first-order valence-corrected chi connectivity index (χ1v) is 7.80. The summed E-state index contributed by atoms with van der Waals surface area (Å²) in [5.74, 6) is -0.637. The minimum Gasteiger partial charge on any atom is -0.465 e. The first-order valence-electron chi connectivity index (χ1n) is 6.36. The van der Waals surface area contributed by atoms with E-state index in [2.05, 4.69) is 10.1 Å². The van der Waals surface area contributed by atoms with Crippen LogP contribution in [0, 0.1) is 6.92 Å². The van der Waals surface area contributed by atoms with Crippen molar-refractivity contribution in [1.29, 1.82) is 0 Å². The van der Waals surface area contributed by atoms with Crippen LogP contribution in [-0.2, 0) is 14.8 Å². The minimum atomic E-state index is -3.67. The van der Waals surface area contributed by atoms with Crippen LogP contribution in [0.4, 0.5) is 0 Å². The van der Waals surface area contributed by atoms with Gasteiger partial charge in [0.1, 0.15) is 0 Å². The molecule has 1 aromatic rings. The molecule has 110 valence electrons. The molecule has 0 saturated carbocycles. The molecular weight excluding hydrogens is 280 g/mol. The molecule has 0 atom stereocenters. The van der Waals surface area contributed by atoms with Crippen molar-refractivity contribution in [2.75, 3.05) is 33.3 Å². The van der Waals surface area contributed by atoms with Crippen molar-refractivity contribution in [2.45, 2.75) is 11.8 Å². The number of piperazine rings is 1. The molecule has 0 aromatic heterocycles. The first kappa shape index (κ1) is 15.0. The molecule has 1 aliphatic heterocycles. The molecule has 1 N–H and O–H groups in total. The van der Waals surface area contributed by atoms with E-state index in [1.165, 1.54) is 17.5 Å². The van der Waals surface area contributed by atoms with Crippen LogP contribution in [0.5, 0.6) is 0 Å². The van der Waals surface area contributed by atoms with Gasteiger partial charge in [-0.05, 0) is 19.1 Å². The highest BCUT2D eigenvalue weighted by atomic mass is 32.2. The molecule has 1 fully saturated rings. The maximum Gasteiger partial charge on any atom is 0.339 e. The van der Waals surface area contributed by atoms with Gasteiger partial charge >= 0.3 is 5.97 Å². The van der Waals surface area contributed by atoms with Crippen LogP contribution in [0.25, 0.3) is 0 Å². The zero-order chi connectivity index (χ0) is 14.8. The van der Waals surface area contributed by atoms with Gasteiger partial charge in [-0.1, -0.05) is 11.6 Å². The van der Waals surface area contributed by atoms with Gasteiger partial charge in [0.15, 0.2) is 0 Å². The van der Waals surface area contributed by atoms with E-state index in [0.29, 0.717) is 26.2 Å². The molecule has 1 saturated heterocycles. The lowest BCUT2D eigenvalue weighted by atomic mass is 10.1. The Labute approximate surface area is 118 Å². The van der Waals surface area contributed by atoms with Crippen LogP contribution in [0.3, 0.4) is 0 Å². The van der Waals surface area contributed by atoms with Crippen LogP contribution in [0.2, 0.25) is 0 Å². The number of rotatable bonds is 3. The van der Waals surface area contributed by atoms with Gasteiger partial charge in [-0.25, -0.2) is 13.2 Å². The van der Waals surface area contributed by atoms with E-state index >= 15 is 0 Å². The number of ether oxygens (including phenoxy) is 1. The normalized spacial score (nSPS) is 16.9. The second-order valence-electron chi connectivity index (χ2n) is 4.65.